The minimum atomic E-state index is 0.514. The summed E-state index contributed by atoms with van der Waals surface area (Å²) >= 11 is 0. The van der Waals surface area contributed by atoms with Gasteiger partial charge in [0.05, 0.1) is 5.69 Å². The quantitative estimate of drug-likeness (QED) is 0.651. The van der Waals surface area contributed by atoms with E-state index in [2.05, 4.69) is 10.3 Å². The van der Waals surface area contributed by atoms with Gasteiger partial charge in [-0.25, -0.2) is 0 Å². The fourth-order valence-electron chi connectivity index (χ4n) is 0.885. The van der Waals surface area contributed by atoms with Crippen LogP contribution in [0.15, 0.2) is 18.3 Å². The van der Waals surface area contributed by atoms with Gasteiger partial charge in [0.15, 0.2) is 0 Å². The van der Waals surface area contributed by atoms with Crippen LogP contribution in [-0.2, 0) is 13.1 Å². The molecule has 0 unspecified atom stereocenters. The molecule has 0 spiro atoms. The van der Waals surface area contributed by atoms with Gasteiger partial charge in [0.25, 0.3) is 0 Å². The Morgan fingerprint density at radius 2 is 2.36 bits per heavy atom. The first-order chi connectivity index (χ1) is 5.36. The van der Waals surface area contributed by atoms with E-state index in [-0.39, 0.29) is 0 Å². The Morgan fingerprint density at radius 1 is 1.55 bits per heavy atom. The van der Waals surface area contributed by atoms with Crippen LogP contribution < -0.4 is 11.1 Å². The Labute approximate surface area is 66.6 Å². The second kappa shape index (κ2) is 4.05. The molecule has 11 heavy (non-hydrogen) atoms. The summed E-state index contributed by atoms with van der Waals surface area (Å²) in [4.78, 5) is 4.15. The van der Waals surface area contributed by atoms with Gasteiger partial charge in [0.2, 0.25) is 0 Å². The lowest BCUT2D eigenvalue weighted by Gasteiger charge is -1.99. The number of nitrogens with two attached hydrogens (primary N) is 1. The molecule has 0 radical (unpaired) electrons. The molecule has 0 fully saturated rings. The monoisotopic (exact) mass is 151 g/mol. The Morgan fingerprint density at radius 3 is 2.82 bits per heavy atom. The van der Waals surface area contributed by atoms with Crippen LogP contribution >= 0.6 is 0 Å². The first kappa shape index (κ1) is 8.17. The van der Waals surface area contributed by atoms with Crippen molar-refractivity contribution >= 4 is 0 Å². The van der Waals surface area contributed by atoms with Gasteiger partial charge in [0.1, 0.15) is 0 Å². The molecule has 0 aliphatic rings. The maximum atomic E-state index is 5.40. The topological polar surface area (TPSA) is 50.9 Å². The van der Waals surface area contributed by atoms with Gasteiger partial charge in [-0.15, -0.1) is 0 Å². The van der Waals surface area contributed by atoms with Crippen molar-refractivity contribution < 1.29 is 0 Å². The molecule has 0 saturated heterocycles. The van der Waals surface area contributed by atoms with Gasteiger partial charge in [-0.3, -0.25) is 4.98 Å². The van der Waals surface area contributed by atoms with E-state index < -0.39 is 0 Å². The average molecular weight is 151 g/mol. The summed E-state index contributed by atoms with van der Waals surface area (Å²) in [6, 6.07) is 3.98. The third-order valence-corrected chi connectivity index (χ3v) is 1.48. The van der Waals surface area contributed by atoms with Gasteiger partial charge in [-0.1, -0.05) is 6.07 Å². The summed E-state index contributed by atoms with van der Waals surface area (Å²) < 4.78 is 0. The SMILES string of the molecule is CNCc1ccc(CN)nc1. The van der Waals surface area contributed by atoms with E-state index in [0.717, 1.165) is 12.2 Å². The highest BCUT2D eigenvalue weighted by Crippen LogP contribution is 1.98. The molecule has 0 aromatic carbocycles. The lowest BCUT2D eigenvalue weighted by molar-refractivity contribution is 0.809. The van der Waals surface area contributed by atoms with E-state index in [0.29, 0.717) is 6.54 Å². The van der Waals surface area contributed by atoms with Crippen molar-refractivity contribution in [1.29, 1.82) is 0 Å². The first-order valence-corrected chi connectivity index (χ1v) is 3.65. The van der Waals surface area contributed by atoms with Crippen LogP contribution in [-0.4, -0.2) is 12.0 Å². The Hall–Kier alpha value is -0.930. The fourth-order valence-corrected chi connectivity index (χ4v) is 0.885. The van der Waals surface area contributed by atoms with E-state index in [1.807, 2.05) is 25.4 Å². The van der Waals surface area contributed by atoms with Crippen molar-refractivity contribution in [2.75, 3.05) is 7.05 Å². The zero-order chi connectivity index (χ0) is 8.10. The summed E-state index contributed by atoms with van der Waals surface area (Å²) in [5, 5.41) is 3.05. The van der Waals surface area contributed by atoms with Gasteiger partial charge < -0.3 is 11.1 Å². The number of aromatic nitrogens is 1. The molecule has 0 aliphatic carbocycles. The lowest BCUT2D eigenvalue weighted by Crippen LogP contribution is -2.06. The molecule has 3 heteroatoms. The number of nitrogens with one attached hydrogen (secondary N) is 1. The summed E-state index contributed by atoms with van der Waals surface area (Å²) in [7, 11) is 1.91. The van der Waals surface area contributed by atoms with Crippen LogP contribution in [0.4, 0.5) is 0 Å². The molecule has 3 N–H and O–H groups in total. The van der Waals surface area contributed by atoms with Gasteiger partial charge in [-0.05, 0) is 18.7 Å². The van der Waals surface area contributed by atoms with Crippen molar-refractivity contribution in [3.8, 4) is 0 Å². The maximum Gasteiger partial charge on any atom is 0.0539 e. The van der Waals surface area contributed by atoms with Crippen LogP contribution in [0.3, 0.4) is 0 Å². The fraction of sp³-hybridized carbons (Fsp3) is 0.375. The smallest absolute Gasteiger partial charge is 0.0539 e. The molecular formula is C8H13N3. The number of hydrogen-bond acceptors (Lipinski definition) is 3. The highest BCUT2D eigenvalue weighted by atomic mass is 14.8. The Kier molecular flexibility index (Phi) is 3.01. The summed E-state index contributed by atoms with van der Waals surface area (Å²) in [6.45, 7) is 1.37. The van der Waals surface area contributed by atoms with E-state index in [1.165, 1.54) is 5.56 Å². The molecule has 0 atom stereocenters. The summed E-state index contributed by atoms with van der Waals surface area (Å²) in [5.41, 5.74) is 7.52. The van der Waals surface area contributed by atoms with Gasteiger partial charge in [0, 0.05) is 19.3 Å². The molecule has 1 aromatic rings. The van der Waals surface area contributed by atoms with E-state index in [4.69, 9.17) is 5.73 Å². The highest BCUT2D eigenvalue weighted by Gasteiger charge is 1.91. The van der Waals surface area contributed by atoms with Crippen molar-refractivity contribution in [3.63, 3.8) is 0 Å². The minimum absolute atomic E-state index is 0.514. The van der Waals surface area contributed by atoms with Crippen LogP contribution in [0.25, 0.3) is 0 Å². The van der Waals surface area contributed by atoms with Crippen LogP contribution in [0.1, 0.15) is 11.3 Å². The lowest BCUT2D eigenvalue weighted by atomic mass is 10.2. The average Bonchev–Trinajstić information content (AvgIpc) is 2.07. The van der Waals surface area contributed by atoms with Crippen LogP contribution in [0.2, 0.25) is 0 Å². The Balaban J connectivity index is 2.66. The maximum absolute atomic E-state index is 5.40. The molecule has 1 heterocycles. The minimum Gasteiger partial charge on any atom is -0.325 e. The molecule has 0 bridgehead atoms. The van der Waals surface area contributed by atoms with Gasteiger partial charge >= 0.3 is 0 Å². The van der Waals surface area contributed by atoms with E-state index in [1.54, 1.807) is 0 Å². The van der Waals surface area contributed by atoms with E-state index >= 15 is 0 Å². The number of nitrogens with zero attached hydrogens (tertiary/aromatic N) is 1. The zero-order valence-corrected chi connectivity index (χ0v) is 6.67. The third kappa shape index (κ3) is 2.29. The highest BCUT2D eigenvalue weighted by molar-refractivity contribution is 5.13. The second-order valence-electron chi connectivity index (χ2n) is 2.39. The molecule has 0 aliphatic heterocycles. The second-order valence-corrected chi connectivity index (χ2v) is 2.39. The summed E-state index contributed by atoms with van der Waals surface area (Å²) in [6.07, 6.45) is 1.85. The van der Waals surface area contributed by atoms with E-state index in [9.17, 15) is 0 Å². The molecule has 1 rings (SSSR count). The predicted octanol–water partition coefficient (Wildman–Crippen LogP) is 0.260. The van der Waals surface area contributed by atoms with Crippen LogP contribution in [0.5, 0.6) is 0 Å². The van der Waals surface area contributed by atoms with Crippen molar-refractivity contribution in [2.24, 2.45) is 5.73 Å². The van der Waals surface area contributed by atoms with Crippen molar-refractivity contribution in [2.45, 2.75) is 13.1 Å². The number of rotatable bonds is 3. The number of pyridine rings is 1. The van der Waals surface area contributed by atoms with Crippen molar-refractivity contribution in [3.05, 3.63) is 29.6 Å². The normalized spacial score (nSPS) is 10.0. The molecule has 0 saturated carbocycles. The molecule has 3 nitrogen and oxygen atoms in total. The first-order valence-electron chi connectivity index (χ1n) is 3.65. The van der Waals surface area contributed by atoms with Crippen molar-refractivity contribution in [1.82, 2.24) is 10.3 Å². The molecule has 1 aromatic heterocycles. The Bertz CT molecular complexity index is 205. The number of hydrogen-bond donors (Lipinski definition) is 2. The zero-order valence-electron chi connectivity index (χ0n) is 6.67. The standard InChI is InChI=1S/C8H13N3/c1-10-5-7-2-3-8(4-9)11-6-7/h2-3,6,10H,4-5,9H2,1H3. The largest absolute Gasteiger partial charge is 0.325 e. The molecule has 60 valence electrons. The summed E-state index contributed by atoms with van der Waals surface area (Å²) in [5.74, 6) is 0. The molecular weight excluding hydrogens is 138 g/mol. The van der Waals surface area contributed by atoms with Crippen LogP contribution in [0, 0.1) is 0 Å². The van der Waals surface area contributed by atoms with Gasteiger partial charge in [-0.2, -0.15) is 0 Å². The third-order valence-electron chi connectivity index (χ3n) is 1.48. The predicted molar refractivity (Wildman–Crippen MR) is 44.9 cm³/mol. The molecule has 0 amide bonds.